The molecule has 1 fully saturated rings. The molecule has 0 saturated heterocycles. The maximum atomic E-state index is 14.0. The van der Waals surface area contributed by atoms with Crippen molar-refractivity contribution in [3.63, 3.8) is 0 Å². The van der Waals surface area contributed by atoms with Gasteiger partial charge in [0, 0.05) is 6.42 Å². The lowest BCUT2D eigenvalue weighted by molar-refractivity contribution is -0.256. The first-order valence-electron chi connectivity index (χ1n) is 8.61. The summed E-state index contributed by atoms with van der Waals surface area (Å²) in [6.07, 6.45) is -1.51. The van der Waals surface area contributed by atoms with Crippen LogP contribution in [-0.2, 0) is 17.5 Å². The number of allylic oxidation sites excluding steroid dienone is 2. The summed E-state index contributed by atoms with van der Waals surface area (Å²) in [5.74, 6) is -1.22. The summed E-state index contributed by atoms with van der Waals surface area (Å²) in [6, 6.07) is 2.07. The second-order valence-electron chi connectivity index (χ2n) is 6.75. The van der Waals surface area contributed by atoms with Crippen molar-refractivity contribution in [2.24, 2.45) is 11.8 Å². The topological polar surface area (TPSA) is 9.23 Å². The van der Waals surface area contributed by atoms with Gasteiger partial charge >= 0.3 is 12.3 Å². The quantitative estimate of drug-likeness (QED) is 0.393. The number of alkyl halides is 5. The SMILES string of the molecule is CC=C[C@H]1CC[C@H](CC(F)(F)OCc2ccc(C(F)(F)F)c(F)c2)CC1. The predicted octanol–water partition coefficient (Wildman–Crippen LogP) is 6.73. The molecule has 1 aliphatic rings. The molecule has 0 aromatic heterocycles. The average molecular weight is 380 g/mol. The van der Waals surface area contributed by atoms with Crippen molar-refractivity contribution in [3.8, 4) is 0 Å². The molecule has 0 aliphatic heterocycles. The van der Waals surface area contributed by atoms with Gasteiger partial charge in [0.15, 0.2) is 0 Å². The van der Waals surface area contributed by atoms with E-state index in [9.17, 15) is 26.3 Å². The minimum absolute atomic E-state index is 0.0630. The van der Waals surface area contributed by atoms with Gasteiger partial charge in [0.25, 0.3) is 0 Å². The van der Waals surface area contributed by atoms with Gasteiger partial charge in [-0.05, 0) is 62.1 Å². The second-order valence-corrected chi connectivity index (χ2v) is 6.75. The third-order valence-corrected chi connectivity index (χ3v) is 4.67. The molecule has 1 aromatic carbocycles. The Morgan fingerprint density at radius 1 is 1.08 bits per heavy atom. The highest BCUT2D eigenvalue weighted by Gasteiger charge is 2.36. The summed E-state index contributed by atoms with van der Waals surface area (Å²) in [7, 11) is 0. The molecule has 0 radical (unpaired) electrons. The molecule has 146 valence electrons. The molecular weight excluding hydrogens is 358 g/mol. The van der Waals surface area contributed by atoms with Crippen molar-refractivity contribution in [1.29, 1.82) is 0 Å². The average Bonchev–Trinajstić information content (AvgIpc) is 2.54. The van der Waals surface area contributed by atoms with Gasteiger partial charge in [-0.25, -0.2) is 4.39 Å². The van der Waals surface area contributed by atoms with Crippen molar-refractivity contribution >= 4 is 0 Å². The van der Waals surface area contributed by atoms with Crippen LogP contribution in [-0.4, -0.2) is 6.11 Å². The van der Waals surface area contributed by atoms with Gasteiger partial charge in [0.1, 0.15) is 5.82 Å². The minimum Gasteiger partial charge on any atom is -0.316 e. The number of hydrogen-bond acceptors (Lipinski definition) is 1. The van der Waals surface area contributed by atoms with Crippen molar-refractivity contribution < 1.29 is 31.1 Å². The van der Waals surface area contributed by atoms with E-state index in [-0.39, 0.29) is 11.5 Å². The Morgan fingerprint density at radius 3 is 2.27 bits per heavy atom. The molecule has 2 rings (SSSR count). The van der Waals surface area contributed by atoms with Crippen molar-refractivity contribution in [1.82, 2.24) is 0 Å². The van der Waals surface area contributed by atoms with E-state index >= 15 is 0 Å². The van der Waals surface area contributed by atoms with Crippen molar-refractivity contribution in [2.75, 3.05) is 0 Å². The zero-order chi connectivity index (χ0) is 19.4. The maximum Gasteiger partial charge on any atom is 0.419 e. The number of halogens is 6. The van der Waals surface area contributed by atoms with E-state index in [1.165, 1.54) is 0 Å². The lowest BCUT2D eigenvalue weighted by Gasteiger charge is -2.29. The molecule has 1 nitrogen and oxygen atoms in total. The van der Waals surface area contributed by atoms with Crippen LogP contribution in [0.4, 0.5) is 26.3 Å². The zero-order valence-electron chi connectivity index (χ0n) is 14.5. The Hall–Kier alpha value is -1.50. The highest BCUT2D eigenvalue weighted by Crippen LogP contribution is 2.37. The number of benzene rings is 1. The molecule has 0 amide bonds. The van der Waals surface area contributed by atoms with E-state index < -0.39 is 36.7 Å². The van der Waals surface area contributed by atoms with E-state index in [0.717, 1.165) is 18.9 Å². The Bertz CT molecular complexity index is 615. The van der Waals surface area contributed by atoms with Crippen LogP contribution in [0.1, 0.15) is 50.2 Å². The van der Waals surface area contributed by atoms with Crippen molar-refractivity contribution in [3.05, 3.63) is 47.3 Å². The van der Waals surface area contributed by atoms with Crippen LogP contribution in [0.15, 0.2) is 30.4 Å². The van der Waals surface area contributed by atoms with Crippen LogP contribution in [0.2, 0.25) is 0 Å². The normalized spacial score (nSPS) is 22.1. The van der Waals surface area contributed by atoms with Gasteiger partial charge < -0.3 is 4.74 Å². The summed E-state index contributed by atoms with van der Waals surface area (Å²) >= 11 is 0. The molecule has 1 aliphatic carbocycles. The molecule has 1 saturated carbocycles. The van der Waals surface area contributed by atoms with Gasteiger partial charge in [-0.2, -0.15) is 22.0 Å². The second kappa shape index (κ2) is 8.46. The first kappa shape index (κ1) is 20.8. The highest BCUT2D eigenvalue weighted by molar-refractivity contribution is 5.26. The Balaban J connectivity index is 1.87. The summed E-state index contributed by atoms with van der Waals surface area (Å²) in [6.45, 7) is 1.29. The van der Waals surface area contributed by atoms with Crippen LogP contribution < -0.4 is 0 Å². The molecule has 0 unspecified atom stereocenters. The Kier molecular flexibility index (Phi) is 6.77. The van der Waals surface area contributed by atoms with Crippen molar-refractivity contribution in [2.45, 2.75) is 57.9 Å². The van der Waals surface area contributed by atoms with Gasteiger partial charge in [-0.15, -0.1) is 0 Å². The van der Waals surface area contributed by atoms with Crippen LogP contribution in [0.5, 0.6) is 0 Å². The molecule has 1 aromatic rings. The molecule has 0 spiro atoms. The summed E-state index contributed by atoms with van der Waals surface area (Å²) in [5, 5.41) is 0. The summed E-state index contributed by atoms with van der Waals surface area (Å²) in [4.78, 5) is 0. The summed E-state index contributed by atoms with van der Waals surface area (Å²) < 4.78 is 83.5. The van der Waals surface area contributed by atoms with Crippen LogP contribution in [0.25, 0.3) is 0 Å². The third-order valence-electron chi connectivity index (χ3n) is 4.67. The standard InChI is InChI=1S/C19H22F6O/c1-2-3-13-4-6-14(7-5-13)11-18(21,22)26-12-15-8-9-16(17(20)10-15)19(23,24)25/h2-3,8-10,13-14H,4-7,11-12H2,1H3/t13-,14-. The summed E-state index contributed by atoms with van der Waals surface area (Å²) in [5.41, 5.74) is -1.49. The molecule has 0 heterocycles. The first-order valence-corrected chi connectivity index (χ1v) is 8.61. The highest BCUT2D eigenvalue weighted by atomic mass is 19.4. The number of ether oxygens (including phenoxy) is 1. The largest absolute Gasteiger partial charge is 0.419 e. The first-order chi connectivity index (χ1) is 12.1. The Morgan fingerprint density at radius 2 is 1.73 bits per heavy atom. The molecule has 7 heteroatoms. The van der Waals surface area contributed by atoms with E-state index in [1.807, 2.05) is 13.0 Å². The van der Waals surface area contributed by atoms with Crippen LogP contribution in [0.3, 0.4) is 0 Å². The van der Waals surface area contributed by atoms with E-state index in [1.54, 1.807) is 0 Å². The van der Waals surface area contributed by atoms with E-state index in [4.69, 9.17) is 0 Å². The lowest BCUT2D eigenvalue weighted by Crippen LogP contribution is -2.27. The fourth-order valence-electron chi connectivity index (χ4n) is 3.32. The molecular formula is C19H22F6O. The molecule has 26 heavy (non-hydrogen) atoms. The fourth-order valence-corrected chi connectivity index (χ4v) is 3.32. The number of rotatable bonds is 6. The van der Waals surface area contributed by atoms with Gasteiger partial charge in [-0.3, -0.25) is 0 Å². The monoisotopic (exact) mass is 380 g/mol. The smallest absolute Gasteiger partial charge is 0.316 e. The fraction of sp³-hybridized carbons (Fsp3) is 0.579. The molecule has 0 N–H and O–H groups in total. The zero-order valence-corrected chi connectivity index (χ0v) is 14.5. The predicted molar refractivity (Wildman–Crippen MR) is 86.0 cm³/mol. The minimum atomic E-state index is -4.82. The molecule has 0 bridgehead atoms. The van der Waals surface area contributed by atoms with Crippen LogP contribution in [0, 0.1) is 17.7 Å². The van der Waals surface area contributed by atoms with E-state index in [0.29, 0.717) is 30.9 Å². The lowest BCUT2D eigenvalue weighted by atomic mass is 9.80. The van der Waals surface area contributed by atoms with Gasteiger partial charge in [0.05, 0.1) is 12.2 Å². The third kappa shape index (κ3) is 6.04. The Labute approximate surface area is 149 Å². The van der Waals surface area contributed by atoms with Gasteiger partial charge in [0.2, 0.25) is 0 Å². The van der Waals surface area contributed by atoms with Crippen LogP contribution >= 0.6 is 0 Å². The number of hydrogen-bond donors (Lipinski definition) is 0. The molecule has 0 atom stereocenters. The van der Waals surface area contributed by atoms with Gasteiger partial charge in [-0.1, -0.05) is 18.2 Å². The van der Waals surface area contributed by atoms with E-state index in [2.05, 4.69) is 10.8 Å². The maximum absolute atomic E-state index is 14.0.